The summed E-state index contributed by atoms with van der Waals surface area (Å²) in [5.41, 5.74) is 1.92. The highest BCUT2D eigenvalue weighted by atomic mass is 16.2. The van der Waals surface area contributed by atoms with E-state index in [0.29, 0.717) is 6.54 Å². The fourth-order valence-corrected chi connectivity index (χ4v) is 2.18. The molecule has 5 heteroatoms. The van der Waals surface area contributed by atoms with Gasteiger partial charge >= 0.3 is 0 Å². The molecule has 1 aliphatic rings. The quantitative estimate of drug-likeness (QED) is 0.784. The van der Waals surface area contributed by atoms with Crippen LogP contribution >= 0.6 is 0 Å². The first kappa shape index (κ1) is 11.9. The summed E-state index contributed by atoms with van der Waals surface area (Å²) in [6.07, 6.45) is 8.56. The number of rotatable bonds is 4. The normalized spacial score (nSPS) is 18.0. The van der Waals surface area contributed by atoms with E-state index in [0.717, 1.165) is 24.3 Å². The minimum Gasteiger partial charge on any atom is -0.354 e. The fraction of sp³-hybridized carbons (Fsp3) is 0.286. The van der Waals surface area contributed by atoms with Crippen LogP contribution in [-0.4, -0.2) is 34.4 Å². The molecule has 1 amide bonds. The summed E-state index contributed by atoms with van der Waals surface area (Å²) in [5.74, 6) is 0.0255. The Balaban J connectivity index is 1.54. The Morgan fingerprint density at radius 1 is 1.53 bits per heavy atom. The molecule has 3 heterocycles. The van der Waals surface area contributed by atoms with Gasteiger partial charge in [0.25, 0.3) is 0 Å². The van der Waals surface area contributed by atoms with Crippen LogP contribution in [0.1, 0.15) is 5.69 Å². The van der Waals surface area contributed by atoms with E-state index in [9.17, 15) is 4.79 Å². The van der Waals surface area contributed by atoms with Gasteiger partial charge in [0.15, 0.2) is 0 Å². The van der Waals surface area contributed by atoms with Crippen LogP contribution in [0.3, 0.4) is 0 Å². The van der Waals surface area contributed by atoms with Gasteiger partial charge in [0, 0.05) is 31.9 Å². The standard InChI is InChI=1S/C14H16N4O/c19-14(12-4-3-7-15-12)16-8-6-11-10-18-9-2-1-5-13(18)17-11/h1-5,9-10,12,15H,6-8H2,(H,16,19). The van der Waals surface area contributed by atoms with Gasteiger partial charge < -0.3 is 9.72 Å². The summed E-state index contributed by atoms with van der Waals surface area (Å²) < 4.78 is 1.98. The monoisotopic (exact) mass is 256 g/mol. The second-order valence-corrected chi connectivity index (χ2v) is 4.55. The van der Waals surface area contributed by atoms with Crippen molar-refractivity contribution >= 4 is 11.6 Å². The predicted molar refractivity (Wildman–Crippen MR) is 72.8 cm³/mol. The van der Waals surface area contributed by atoms with Crippen LogP contribution in [0.5, 0.6) is 0 Å². The van der Waals surface area contributed by atoms with Crippen LogP contribution in [0.25, 0.3) is 5.65 Å². The minimum atomic E-state index is -0.180. The molecule has 1 aliphatic heterocycles. The molecular formula is C14H16N4O. The Hall–Kier alpha value is -2.14. The van der Waals surface area contributed by atoms with Crippen molar-refractivity contribution in [2.45, 2.75) is 12.5 Å². The van der Waals surface area contributed by atoms with E-state index in [1.807, 2.05) is 47.1 Å². The van der Waals surface area contributed by atoms with Gasteiger partial charge in [-0.3, -0.25) is 10.1 Å². The van der Waals surface area contributed by atoms with Crippen LogP contribution in [-0.2, 0) is 11.2 Å². The van der Waals surface area contributed by atoms with Crippen molar-refractivity contribution < 1.29 is 4.79 Å². The van der Waals surface area contributed by atoms with Crippen molar-refractivity contribution in [1.29, 1.82) is 0 Å². The minimum absolute atomic E-state index is 0.0255. The Labute approximate surface area is 111 Å². The third-order valence-corrected chi connectivity index (χ3v) is 3.16. The predicted octanol–water partition coefficient (Wildman–Crippen LogP) is 0.521. The summed E-state index contributed by atoms with van der Waals surface area (Å²) in [7, 11) is 0. The number of amides is 1. The van der Waals surface area contributed by atoms with Crippen LogP contribution < -0.4 is 10.6 Å². The van der Waals surface area contributed by atoms with E-state index in [4.69, 9.17) is 0 Å². The van der Waals surface area contributed by atoms with Crippen molar-refractivity contribution in [2.24, 2.45) is 0 Å². The van der Waals surface area contributed by atoms with Gasteiger partial charge in [-0.25, -0.2) is 4.98 Å². The number of carbonyl (C=O) groups is 1. The molecule has 0 fully saturated rings. The molecule has 0 spiro atoms. The number of aromatic nitrogens is 2. The van der Waals surface area contributed by atoms with Crippen molar-refractivity contribution in [3.8, 4) is 0 Å². The van der Waals surface area contributed by atoms with Crippen LogP contribution in [0, 0.1) is 0 Å². The molecule has 1 unspecified atom stereocenters. The van der Waals surface area contributed by atoms with Crippen LogP contribution in [0.2, 0.25) is 0 Å². The second-order valence-electron chi connectivity index (χ2n) is 4.55. The van der Waals surface area contributed by atoms with E-state index in [-0.39, 0.29) is 11.9 Å². The van der Waals surface area contributed by atoms with Gasteiger partial charge in [-0.2, -0.15) is 0 Å². The average Bonchev–Trinajstić information content (AvgIpc) is 3.07. The average molecular weight is 256 g/mol. The maximum Gasteiger partial charge on any atom is 0.241 e. The molecule has 2 N–H and O–H groups in total. The van der Waals surface area contributed by atoms with E-state index in [1.165, 1.54) is 0 Å². The molecule has 3 rings (SSSR count). The fourth-order valence-electron chi connectivity index (χ4n) is 2.18. The molecule has 98 valence electrons. The molecule has 2 aromatic heterocycles. The molecule has 1 atom stereocenters. The van der Waals surface area contributed by atoms with E-state index < -0.39 is 0 Å². The number of nitrogens with zero attached hydrogens (tertiary/aromatic N) is 2. The van der Waals surface area contributed by atoms with Crippen molar-refractivity contribution in [1.82, 2.24) is 20.0 Å². The zero-order chi connectivity index (χ0) is 13.1. The van der Waals surface area contributed by atoms with Gasteiger partial charge in [-0.05, 0) is 12.1 Å². The highest BCUT2D eigenvalue weighted by Crippen LogP contribution is 2.04. The Kier molecular flexibility index (Phi) is 3.29. The lowest BCUT2D eigenvalue weighted by atomic mass is 10.3. The first-order valence-corrected chi connectivity index (χ1v) is 6.43. The molecule has 2 aromatic rings. The van der Waals surface area contributed by atoms with Gasteiger partial charge in [0.1, 0.15) is 11.7 Å². The van der Waals surface area contributed by atoms with Crippen molar-refractivity contribution in [3.63, 3.8) is 0 Å². The smallest absolute Gasteiger partial charge is 0.241 e. The Morgan fingerprint density at radius 3 is 3.26 bits per heavy atom. The molecule has 0 radical (unpaired) electrons. The molecule has 5 nitrogen and oxygen atoms in total. The van der Waals surface area contributed by atoms with Gasteiger partial charge in [0.05, 0.1) is 5.69 Å². The molecule has 0 saturated carbocycles. The zero-order valence-electron chi connectivity index (χ0n) is 10.5. The summed E-state index contributed by atoms with van der Waals surface area (Å²) >= 11 is 0. The molecule has 0 aliphatic carbocycles. The Morgan fingerprint density at radius 2 is 2.47 bits per heavy atom. The highest BCUT2D eigenvalue weighted by Gasteiger charge is 2.16. The maximum absolute atomic E-state index is 11.8. The van der Waals surface area contributed by atoms with Gasteiger partial charge in [-0.1, -0.05) is 18.2 Å². The van der Waals surface area contributed by atoms with Crippen LogP contribution in [0.4, 0.5) is 0 Å². The third-order valence-electron chi connectivity index (χ3n) is 3.16. The lowest BCUT2D eigenvalue weighted by molar-refractivity contribution is -0.121. The lowest BCUT2D eigenvalue weighted by Gasteiger charge is -2.09. The van der Waals surface area contributed by atoms with Gasteiger partial charge in [0.2, 0.25) is 5.91 Å². The topological polar surface area (TPSA) is 58.4 Å². The number of hydrogen-bond acceptors (Lipinski definition) is 3. The highest BCUT2D eigenvalue weighted by molar-refractivity contribution is 5.84. The molecule has 19 heavy (non-hydrogen) atoms. The number of imidazole rings is 1. The Bertz CT molecular complexity index is 584. The zero-order valence-corrected chi connectivity index (χ0v) is 10.5. The molecular weight excluding hydrogens is 240 g/mol. The first-order valence-electron chi connectivity index (χ1n) is 6.43. The summed E-state index contributed by atoms with van der Waals surface area (Å²) in [6.45, 7) is 1.37. The molecule has 0 saturated heterocycles. The van der Waals surface area contributed by atoms with Gasteiger partial charge in [-0.15, -0.1) is 0 Å². The summed E-state index contributed by atoms with van der Waals surface area (Å²) in [4.78, 5) is 16.2. The maximum atomic E-state index is 11.8. The lowest BCUT2D eigenvalue weighted by Crippen LogP contribution is -2.41. The number of nitrogens with one attached hydrogen (secondary N) is 2. The number of pyridine rings is 1. The van der Waals surface area contributed by atoms with Crippen molar-refractivity contribution in [3.05, 3.63) is 48.4 Å². The third kappa shape index (κ3) is 2.66. The summed E-state index contributed by atoms with van der Waals surface area (Å²) in [6, 6.07) is 5.72. The van der Waals surface area contributed by atoms with Crippen molar-refractivity contribution in [2.75, 3.05) is 13.1 Å². The van der Waals surface area contributed by atoms with Crippen LogP contribution in [0.15, 0.2) is 42.7 Å². The first-order chi connectivity index (χ1) is 9.33. The second kappa shape index (κ2) is 5.24. The largest absolute Gasteiger partial charge is 0.354 e. The number of carbonyl (C=O) groups excluding carboxylic acids is 1. The van der Waals surface area contributed by atoms with E-state index in [2.05, 4.69) is 15.6 Å². The molecule has 0 aromatic carbocycles. The van der Waals surface area contributed by atoms with E-state index in [1.54, 1.807) is 0 Å². The number of hydrogen-bond donors (Lipinski definition) is 2. The SMILES string of the molecule is O=C(NCCc1cn2ccccc2n1)C1C=CCN1. The van der Waals surface area contributed by atoms with E-state index >= 15 is 0 Å². The summed E-state index contributed by atoms with van der Waals surface area (Å²) in [5, 5.41) is 6.00. The molecule has 0 bridgehead atoms. The number of fused-ring (bicyclic) bond motifs is 1.